The molecule has 0 spiro atoms. The minimum absolute atomic E-state index is 0.0132. The number of hydrogen-bond donors (Lipinski definition) is 3. The van der Waals surface area contributed by atoms with Crippen LogP contribution in [0.25, 0.3) is 0 Å². The fraction of sp³-hybridized carbons (Fsp3) is 0.615. The van der Waals surface area contributed by atoms with Crippen LogP contribution in [0.15, 0.2) is 4.90 Å². The highest BCUT2D eigenvalue weighted by atomic mass is 32.2. The number of primary amides is 1. The molecule has 120 valence electrons. The van der Waals surface area contributed by atoms with E-state index in [1.54, 1.807) is 6.92 Å². The van der Waals surface area contributed by atoms with Crippen LogP contribution in [0, 0.1) is 0 Å². The summed E-state index contributed by atoms with van der Waals surface area (Å²) in [5.74, 6) is -0.777. The quantitative estimate of drug-likeness (QED) is 0.599. The first-order chi connectivity index (χ1) is 9.85. The lowest BCUT2D eigenvalue weighted by atomic mass is 10.2. The fourth-order valence-electron chi connectivity index (χ4n) is 1.94. The molecule has 0 saturated heterocycles. The van der Waals surface area contributed by atoms with E-state index >= 15 is 0 Å². The van der Waals surface area contributed by atoms with Crippen molar-refractivity contribution < 1.29 is 13.2 Å². The van der Waals surface area contributed by atoms with Crippen LogP contribution in [-0.2, 0) is 9.84 Å². The number of thiophene rings is 1. The van der Waals surface area contributed by atoms with Gasteiger partial charge in [-0.2, -0.15) is 0 Å². The highest BCUT2D eigenvalue weighted by molar-refractivity contribution is 7.91. The van der Waals surface area contributed by atoms with Gasteiger partial charge in [-0.1, -0.05) is 33.1 Å². The standard InChI is InChI=1S/C13H23N3O3S2/c1-3-5-6-7-8-16-13-11(21(18,19)4-2)9(14)10(20-13)12(15)17/h16H,3-8,14H2,1-2H3,(H2,15,17). The summed E-state index contributed by atoms with van der Waals surface area (Å²) in [5, 5.41) is 3.50. The summed E-state index contributed by atoms with van der Waals surface area (Å²) in [6, 6.07) is 0. The minimum atomic E-state index is -3.50. The number of carbonyl (C=O) groups excluding carboxylic acids is 1. The Labute approximate surface area is 129 Å². The first kappa shape index (κ1) is 17.8. The molecule has 0 aliphatic heterocycles. The number of nitrogens with two attached hydrogens (primary N) is 2. The molecule has 0 bridgehead atoms. The summed E-state index contributed by atoms with van der Waals surface area (Å²) in [4.78, 5) is 11.5. The molecule has 0 aliphatic rings. The summed E-state index contributed by atoms with van der Waals surface area (Å²) in [6.07, 6.45) is 4.28. The molecule has 1 aromatic heterocycles. The Balaban J connectivity index is 3.01. The maximum absolute atomic E-state index is 12.1. The van der Waals surface area contributed by atoms with Gasteiger partial charge in [0, 0.05) is 6.54 Å². The Hall–Kier alpha value is -1.28. The highest BCUT2D eigenvalue weighted by Crippen LogP contribution is 2.39. The van der Waals surface area contributed by atoms with Gasteiger partial charge >= 0.3 is 0 Å². The summed E-state index contributed by atoms with van der Waals surface area (Å²) in [6.45, 7) is 4.31. The van der Waals surface area contributed by atoms with E-state index in [4.69, 9.17) is 11.5 Å². The van der Waals surface area contributed by atoms with Crippen molar-refractivity contribution in [2.75, 3.05) is 23.3 Å². The normalized spacial score (nSPS) is 11.5. The zero-order chi connectivity index (χ0) is 16.0. The van der Waals surface area contributed by atoms with Crippen LogP contribution < -0.4 is 16.8 Å². The average molecular weight is 333 g/mol. The maximum Gasteiger partial charge on any atom is 0.261 e. The van der Waals surface area contributed by atoms with E-state index < -0.39 is 15.7 Å². The number of sulfone groups is 1. The third kappa shape index (κ3) is 4.34. The zero-order valence-electron chi connectivity index (χ0n) is 12.4. The molecule has 6 nitrogen and oxygen atoms in total. The lowest BCUT2D eigenvalue weighted by Crippen LogP contribution is -2.13. The molecule has 0 atom stereocenters. The van der Waals surface area contributed by atoms with Gasteiger partial charge in [-0.05, 0) is 6.42 Å². The van der Waals surface area contributed by atoms with Crippen molar-refractivity contribution in [1.82, 2.24) is 0 Å². The number of hydrogen-bond acceptors (Lipinski definition) is 6. The van der Waals surface area contributed by atoms with Gasteiger partial charge in [-0.25, -0.2) is 8.42 Å². The van der Waals surface area contributed by atoms with E-state index in [0.717, 1.165) is 37.0 Å². The number of unbranched alkanes of at least 4 members (excludes halogenated alkanes) is 3. The second-order valence-corrected chi connectivity index (χ2v) is 7.99. The molecule has 5 N–H and O–H groups in total. The smallest absolute Gasteiger partial charge is 0.261 e. The van der Waals surface area contributed by atoms with Crippen molar-refractivity contribution in [3.63, 3.8) is 0 Å². The van der Waals surface area contributed by atoms with Gasteiger partial charge in [-0.3, -0.25) is 4.79 Å². The Morgan fingerprint density at radius 3 is 2.43 bits per heavy atom. The molecule has 0 fully saturated rings. The van der Waals surface area contributed by atoms with E-state index in [1.165, 1.54) is 0 Å². The van der Waals surface area contributed by atoms with Crippen molar-refractivity contribution in [3.05, 3.63) is 4.88 Å². The van der Waals surface area contributed by atoms with Crippen LogP contribution in [0.3, 0.4) is 0 Å². The molecule has 0 aliphatic carbocycles. The molecule has 1 heterocycles. The zero-order valence-corrected chi connectivity index (χ0v) is 14.1. The molecular formula is C13H23N3O3S2. The predicted molar refractivity (Wildman–Crippen MR) is 87.6 cm³/mol. The van der Waals surface area contributed by atoms with Crippen molar-refractivity contribution in [1.29, 1.82) is 0 Å². The van der Waals surface area contributed by atoms with Crippen molar-refractivity contribution in [2.45, 2.75) is 44.4 Å². The minimum Gasteiger partial charge on any atom is -0.396 e. The summed E-state index contributed by atoms with van der Waals surface area (Å²) >= 11 is 1.01. The van der Waals surface area contributed by atoms with Gasteiger partial charge in [0.25, 0.3) is 5.91 Å². The second kappa shape index (κ2) is 7.65. The number of rotatable bonds is 9. The number of nitrogen functional groups attached to an aromatic ring is 1. The SMILES string of the molecule is CCCCCCNc1sc(C(N)=O)c(N)c1S(=O)(=O)CC. The van der Waals surface area contributed by atoms with Crippen LogP contribution in [0.2, 0.25) is 0 Å². The highest BCUT2D eigenvalue weighted by Gasteiger charge is 2.27. The molecule has 8 heteroatoms. The second-order valence-electron chi connectivity index (χ2n) is 4.76. The molecule has 1 amide bonds. The van der Waals surface area contributed by atoms with Gasteiger partial charge in [0.15, 0.2) is 9.84 Å². The fourth-order valence-corrected chi connectivity index (χ4v) is 4.48. The Morgan fingerprint density at radius 2 is 1.90 bits per heavy atom. The van der Waals surface area contributed by atoms with Crippen LogP contribution in [0.4, 0.5) is 10.7 Å². The Kier molecular flexibility index (Phi) is 6.47. The molecule has 0 unspecified atom stereocenters. The molecule has 1 aromatic rings. The number of carbonyl (C=O) groups is 1. The van der Waals surface area contributed by atoms with Crippen LogP contribution in [-0.4, -0.2) is 26.6 Å². The van der Waals surface area contributed by atoms with Crippen LogP contribution in [0.5, 0.6) is 0 Å². The van der Waals surface area contributed by atoms with Gasteiger partial charge in [0.2, 0.25) is 0 Å². The van der Waals surface area contributed by atoms with Crippen LogP contribution >= 0.6 is 11.3 Å². The molecule has 21 heavy (non-hydrogen) atoms. The van der Waals surface area contributed by atoms with E-state index in [0.29, 0.717) is 11.5 Å². The maximum atomic E-state index is 12.1. The van der Waals surface area contributed by atoms with Gasteiger partial charge < -0.3 is 16.8 Å². The average Bonchev–Trinajstić information content (AvgIpc) is 2.76. The number of nitrogens with one attached hydrogen (secondary N) is 1. The van der Waals surface area contributed by atoms with Crippen LogP contribution in [0.1, 0.15) is 49.2 Å². The van der Waals surface area contributed by atoms with E-state index in [-0.39, 0.29) is 21.2 Å². The van der Waals surface area contributed by atoms with Crippen molar-refractivity contribution in [3.8, 4) is 0 Å². The largest absolute Gasteiger partial charge is 0.396 e. The summed E-state index contributed by atoms with van der Waals surface area (Å²) in [5.41, 5.74) is 11.0. The number of anilines is 2. The lowest BCUT2D eigenvalue weighted by molar-refractivity contribution is 0.100. The third-order valence-electron chi connectivity index (χ3n) is 3.13. The van der Waals surface area contributed by atoms with Crippen molar-refractivity contribution in [2.24, 2.45) is 5.73 Å². The molecule has 0 radical (unpaired) electrons. The first-order valence-corrected chi connectivity index (χ1v) is 9.50. The number of amides is 1. The summed E-state index contributed by atoms with van der Waals surface area (Å²) in [7, 11) is -3.50. The molecule has 1 rings (SSSR count). The predicted octanol–water partition coefficient (Wildman–Crippen LogP) is 2.21. The topological polar surface area (TPSA) is 115 Å². The Bertz CT molecular complexity index is 594. The Morgan fingerprint density at radius 1 is 1.24 bits per heavy atom. The monoisotopic (exact) mass is 333 g/mol. The third-order valence-corrected chi connectivity index (χ3v) is 6.24. The first-order valence-electron chi connectivity index (χ1n) is 7.03. The van der Waals surface area contributed by atoms with Gasteiger partial charge in [0.1, 0.15) is 14.8 Å². The van der Waals surface area contributed by atoms with Gasteiger partial charge in [0.05, 0.1) is 11.4 Å². The molecule has 0 aromatic carbocycles. The molecular weight excluding hydrogens is 310 g/mol. The molecule has 0 saturated carbocycles. The summed E-state index contributed by atoms with van der Waals surface area (Å²) < 4.78 is 24.3. The lowest BCUT2D eigenvalue weighted by Gasteiger charge is -2.07. The van der Waals surface area contributed by atoms with Crippen molar-refractivity contribution >= 4 is 37.8 Å². The van der Waals surface area contributed by atoms with Gasteiger partial charge in [-0.15, -0.1) is 11.3 Å². The van der Waals surface area contributed by atoms with E-state index in [1.807, 2.05) is 0 Å². The van der Waals surface area contributed by atoms with E-state index in [2.05, 4.69) is 12.2 Å². The van der Waals surface area contributed by atoms with E-state index in [9.17, 15) is 13.2 Å².